The monoisotopic (exact) mass is 209 g/mol. The number of nitrogens with zero attached hydrogens (tertiary/aromatic N) is 1. The molecule has 0 aromatic carbocycles. The van der Waals surface area contributed by atoms with Gasteiger partial charge in [0.25, 0.3) is 0 Å². The summed E-state index contributed by atoms with van der Waals surface area (Å²) in [6, 6.07) is 0. The van der Waals surface area contributed by atoms with E-state index in [4.69, 9.17) is 4.74 Å². The molecule has 0 unspecified atom stereocenters. The summed E-state index contributed by atoms with van der Waals surface area (Å²) in [5.41, 5.74) is 0. The number of cyclic esters (lactones) is 1. The van der Waals surface area contributed by atoms with Crippen LogP contribution in [0.2, 0.25) is 0 Å². The van der Waals surface area contributed by atoms with Crippen molar-refractivity contribution in [3.8, 4) is 0 Å². The van der Waals surface area contributed by atoms with Gasteiger partial charge in [-0.25, -0.2) is 9.69 Å². The lowest BCUT2D eigenvalue weighted by molar-refractivity contribution is -0.133. The fourth-order valence-corrected chi connectivity index (χ4v) is 3.34. The van der Waals surface area contributed by atoms with Crippen LogP contribution in [-0.2, 0) is 9.53 Å². The molecule has 1 heterocycles. The van der Waals surface area contributed by atoms with Crippen LogP contribution >= 0.6 is 0 Å². The number of imide groups is 1. The van der Waals surface area contributed by atoms with Gasteiger partial charge in [0.2, 0.25) is 5.91 Å². The molecule has 0 aromatic rings. The zero-order valence-corrected chi connectivity index (χ0v) is 8.65. The molecule has 0 aromatic heterocycles. The molecule has 2 amide bonds. The van der Waals surface area contributed by atoms with Crippen molar-refractivity contribution in [3.63, 3.8) is 0 Å². The maximum atomic E-state index is 12.1. The second kappa shape index (κ2) is 3.22. The first kappa shape index (κ1) is 9.19. The molecule has 1 aliphatic heterocycles. The van der Waals surface area contributed by atoms with Gasteiger partial charge in [0.05, 0.1) is 6.54 Å². The first-order valence-electron chi connectivity index (χ1n) is 5.74. The minimum atomic E-state index is -0.442. The number of hydrogen-bond acceptors (Lipinski definition) is 3. The maximum absolute atomic E-state index is 12.1. The van der Waals surface area contributed by atoms with Gasteiger partial charge in [-0.1, -0.05) is 6.42 Å². The molecule has 4 nitrogen and oxygen atoms in total. The van der Waals surface area contributed by atoms with Crippen LogP contribution in [0.1, 0.15) is 25.7 Å². The van der Waals surface area contributed by atoms with Crippen molar-refractivity contribution in [1.29, 1.82) is 0 Å². The summed E-state index contributed by atoms with van der Waals surface area (Å²) in [5.74, 6) is 1.40. The topological polar surface area (TPSA) is 46.6 Å². The Morgan fingerprint density at radius 2 is 2.20 bits per heavy atom. The fraction of sp³-hybridized carbons (Fsp3) is 0.818. The van der Waals surface area contributed by atoms with E-state index in [-0.39, 0.29) is 11.8 Å². The van der Waals surface area contributed by atoms with Crippen LogP contribution in [0, 0.1) is 17.8 Å². The Hall–Kier alpha value is -1.06. The Balaban J connectivity index is 1.72. The first-order valence-corrected chi connectivity index (χ1v) is 5.74. The van der Waals surface area contributed by atoms with Crippen LogP contribution in [0.3, 0.4) is 0 Å². The molecule has 3 atom stereocenters. The lowest BCUT2D eigenvalue weighted by atomic mass is 9.88. The SMILES string of the molecule is O=C1OCCN1C(=O)[C@H]1C[C@H]2CC[C@@H]1C2. The maximum Gasteiger partial charge on any atom is 0.416 e. The average molecular weight is 209 g/mol. The second-order valence-corrected chi connectivity index (χ2v) is 4.89. The highest BCUT2D eigenvalue weighted by Gasteiger charge is 2.46. The molecule has 2 saturated carbocycles. The van der Waals surface area contributed by atoms with Crippen molar-refractivity contribution >= 4 is 12.0 Å². The lowest BCUT2D eigenvalue weighted by Gasteiger charge is -2.23. The summed E-state index contributed by atoms with van der Waals surface area (Å²) < 4.78 is 4.79. The molecule has 3 rings (SSSR count). The van der Waals surface area contributed by atoms with Crippen LogP contribution < -0.4 is 0 Å². The largest absolute Gasteiger partial charge is 0.447 e. The summed E-state index contributed by atoms with van der Waals surface area (Å²) in [6.07, 6.45) is 4.19. The normalized spacial score (nSPS) is 38.5. The van der Waals surface area contributed by atoms with Gasteiger partial charge in [-0.3, -0.25) is 4.79 Å². The van der Waals surface area contributed by atoms with Crippen LogP contribution in [0.25, 0.3) is 0 Å². The van der Waals surface area contributed by atoms with Crippen molar-refractivity contribution in [3.05, 3.63) is 0 Å². The van der Waals surface area contributed by atoms with Gasteiger partial charge < -0.3 is 4.74 Å². The van der Waals surface area contributed by atoms with E-state index >= 15 is 0 Å². The minimum Gasteiger partial charge on any atom is -0.447 e. The molecule has 0 spiro atoms. The summed E-state index contributed by atoms with van der Waals surface area (Å²) >= 11 is 0. The van der Waals surface area contributed by atoms with Gasteiger partial charge in [-0.2, -0.15) is 0 Å². The van der Waals surface area contributed by atoms with Crippen LogP contribution in [0.15, 0.2) is 0 Å². The van der Waals surface area contributed by atoms with E-state index in [9.17, 15) is 9.59 Å². The molecule has 0 N–H and O–H groups in total. The third-order valence-electron chi connectivity index (χ3n) is 4.08. The van der Waals surface area contributed by atoms with Crippen molar-refractivity contribution in [1.82, 2.24) is 4.90 Å². The number of ether oxygens (including phenoxy) is 1. The minimum absolute atomic E-state index is 0.0182. The van der Waals surface area contributed by atoms with E-state index in [1.165, 1.54) is 24.2 Å². The molecule has 0 radical (unpaired) electrons. The van der Waals surface area contributed by atoms with E-state index in [2.05, 4.69) is 0 Å². The number of amides is 2. The van der Waals surface area contributed by atoms with E-state index < -0.39 is 6.09 Å². The molecule has 2 aliphatic carbocycles. The summed E-state index contributed by atoms with van der Waals surface area (Å²) in [6.45, 7) is 0.816. The third kappa shape index (κ3) is 1.34. The molecule has 1 saturated heterocycles. The molecule has 82 valence electrons. The smallest absolute Gasteiger partial charge is 0.416 e. The number of hydrogen-bond donors (Lipinski definition) is 0. The van der Waals surface area contributed by atoms with Crippen molar-refractivity contribution in [2.45, 2.75) is 25.7 Å². The van der Waals surface area contributed by atoms with E-state index in [0.29, 0.717) is 19.1 Å². The highest BCUT2D eigenvalue weighted by Crippen LogP contribution is 2.48. The van der Waals surface area contributed by atoms with Gasteiger partial charge in [-0.05, 0) is 31.1 Å². The van der Waals surface area contributed by atoms with Gasteiger partial charge in [0.15, 0.2) is 0 Å². The number of fused-ring (bicyclic) bond motifs is 2. The van der Waals surface area contributed by atoms with Crippen molar-refractivity contribution < 1.29 is 14.3 Å². The molecular weight excluding hydrogens is 194 g/mol. The number of rotatable bonds is 1. The Morgan fingerprint density at radius 1 is 1.33 bits per heavy atom. The van der Waals surface area contributed by atoms with Crippen molar-refractivity contribution in [2.24, 2.45) is 17.8 Å². The molecule has 3 fully saturated rings. The Morgan fingerprint density at radius 3 is 2.73 bits per heavy atom. The summed E-state index contributed by atoms with van der Waals surface area (Å²) in [5, 5.41) is 0. The number of carbonyl (C=O) groups is 2. The Bertz CT molecular complexity index is 315. The van der Waals surface area contributed by atoms with Crippen LogP contribution in [-0.4, -0.2) is 30.1 Å². The Labute approximate surface area is 88.6 Å². The zero-order valence-electron chi connectivity index (χ0n) is 8.65. The number of carbonyl (C=O) groups excluding carboxylic acids is 2. The Kier molecular flexibility index (Phi) is 1.97. The average Bonchev–Trinajstić information content (AvgIpc) is 2.91. The predicted molar refractivity (Wildman–Crippen MR) is 52.0 cm³/mol. The van der Waals surface area contributed by atoms with Crippen LogP contribution in [0.4, 0.5) is 4.79 Å². The van der Waals surface area contributed by atoms with E-state index in [0.717, 1.165) is 12.3 Å². The lowest BCUT2D eigenvalue weighted by Crippen LogP contribution is -2.38. The van der Waals surface area contributed by atoms with Gasteiger partial charge >= 0.3 is 6.09 Å². The quantitative estimate of drug-likeness (QED) is 0.655. The molecular formula is C11H15NO3. The second-order valence-electron chi connectivity index (χ2n) is 4.89. The predicted octanol–water partition coefficient (Wildman–Crippen LogP) is 1.40. The van der Waals surface area contributed by atoms with Gasteiger partial charge in [0.1, 0.15) is 6.61 Å². The van der Waals surface area contributed by atoms with Gasteiger partial charge in [0, 0.05) is 5.92 Å². The van der Waals surface area contributed by atoms with E-state index in [1.54, 1.807) is 0 Å². The van der Waals surface area contributed by atoms with E-state index in [1.807, 2.05) is 0 Å². The van der Waals surface area contributed by atoms with Crippen molar-refractivity contribution in [2.75, 3.05) is 13.2 Å². The molecule has 2 bridgehead atoms. The fourth-order valence-electron chi connectivity index (χ4n) is 3.34. The highest BCUT2D eigenvalue weighted by molar-refractivity contribution is 5.94. The molecule has 4 heteroatoms. The molecule has 3 aliphatic rings. The molecule has 15 heavy (non-hydrogen) atoms. The standard InChI is InChI=1S/C11H15NO3/c13-10(12-3-4-15-11(12)14)9-6-7-1-2-8(9)5-7/h7-9H,1-6H2/t7-,8+,9-/m0/s1. The first-order chi connectivity index (χ1) is 7.25. The van der Waals surface area contributed by atoms with Gasteiger partial charge in [-0.15, -0.1) is 0 Å². The zero-order chi connectivity index (χ0) is 10.4. The summed E-state index contributed by atoms with van der Waals surface area (Å²) in [4.78, 5) is 24.6. The summed E-state index contributed by atoms with van der Waals surface area (Å²) in [7, 11) is 0. The third-order valence-corrected chi connectivity index (χ3v) is 4.08. The van der Waals surface area contributed by atoms with Crippen LogP contribution in [0.5, 0.6) is 0 Å². The highest BCUT2D eigenvalue weighted by atomic mass is 16.6.